The van der Waals surface area contributed by atoms with E-state index >= 15 is 0 Å². The van der Waals surface area contributed by atoms with Crippen LogP contribution in [0.3, 0.4) is 0 Å². The standard InChI is InChI=1S/C10H14N6/c11-8(1-2-9-13-5-6-14-9)16-10-7-12-3-4-15-10/h1-4,7,9,13-14H,5-6H2,(H2,11,15,16). The van der Waals surface area contributed by atoms with Crippen molar-refractivity contribution in [1.82, 2.24) is 20.6 Å². The van der Waals surface area contributed by atoms with Crippen molar-refractivity contribution < 1.29 is 0 Å². The monoisotopic (exact) mass is 218 g/mol. The SMILES string of the molecule is N=C(C=CC1NCCN1)Nc1cnccn1. The second-order valence-electron chi connectivity index (χ2n) is 3.37. The Kier molecular flexibility index (Phi) is 3.58. The number of rotatable bonds is 3. The average Bonchev–Trinajstić information content (AvgIpc) is 2.81. The Morgan fingerprint density at radius 1 is 1.44 bits per heavy atom. The third-order valence-corrected chi connectivity index (χ3v) is 2.13. The third-order valence-electron chi connectivity index (χ3n) is 2.13. The second-order valence-corrected chi connectivity index (χ2v) is 3.37. The molecule has 0 radical (unpaired) electrons. The molecule has 1 aliphatic rings. The summed E-state index contributed by atoms with van der Waals surface area (Å²) in [5, 5.41) is 17.0. The van der Waals surface area contributed by atoms with Gasteiger partial charge in [0.15, 0.2) is 0 Å². The largest absolute Gasteiger partial charge is 0.324 e. The van der Waals surface area contributed by atoms with Crippen LogP contribution < -0.4 is 16.0 Å². The molecule has 1 aromatic heterocycles. The minimum absolute atomic E-state index is 0.156. The summed E-state index contributed by atoms with van der Waals surface area (Å²) in [5.74, 6) is 0.862. The third kappa shape index (κ3) is 3.11. The summed E-state index contributed by atoms with van der Waals surface area (Å²) >= 11 is 0. The fourth-order valence-electron chi connectivity index (χ4n) is 1.40. The van der Waals surface area contributed by atoms with Gasteiger partial charge in [0.25, 0.3) is 0 Å². The van der Waals surface area contributed by atoms with Crippen LogP contribution in [0, 0.1) is 5.41 Å². The lowest BCUT2D eigenvalue weighted by Gasteiger charge is -2.05. The second kappa shape index (κ2) is 5.34. The fourth-order valence-corrected chi connectivity index (χ4v) is 1.40. The lowest BCUT2D eigenvalue weighted by molar-refractivity contribution is 0.666. The predicted octanol–water partition coefficient (Wildman–Crippen LogP) is -0.0591. The minimum Gasteiger partial charge on any atom is -0.324 e. The van der Waals surface area contributed by atoms with E-state index in [0.717, 1.165) is 13.1 Å². The van der Waals surface area contributed by atoms with Gasteiger partial charge >= 0.3 is 0 Å². The summed E-state index contributed by atoms with van der Waals surface area (Å²) in [6.45, 7) is 1.92. The molecule has 0 spiro atoms. The summed E-state index contributed by atoms with van der Waals surface area (Å²) in [4.78, 5) is 7.92. The molecule has 4 N–H and O–H groups in total. The average molecular weight is 218 g/mol. The van der Waals surface area contributed by atoms with Gasteiger partial charge in [-0.3, -0.25) is 21.0 Å². The number of hydrogen-bond acceptors (Lipinski definition) is 5. The predicted molar refractivity (Wildman–Crippen MR) is 62.3 cm³/mol. The molecule has 0 bridgehead atoms. The van der Waals surface area contributed by atoms with E-state index in [2.05, 4.69) is 25.9 Å². The molecule has 0 atom stereocenters. The number of hydrogen-bond donors (Lipinski definition) is 4. The van der Waals surface area contributed by atoms with Gasteiger partial charge in [-0.25, -0.2) is 4.98 Å². The van der Waals surface area contributed by atoms with Crippen LogP contribution in [-0.4, -0.2) is 35.1 Å². The topological polar surface area (TPSA) is 85.7 Å². The van der Waals surface area contributed by atoms with Gasteiger partial charge in [0.05, 0.1) is 12.4 Å². The molecule has 1 saturated heterocycles. The highest BCUT2D eigenvalue weighted by Gasteiger charge is 2.08. The molecular formula is C10H14N6. The van der Waals surface area contributed by atoms with Crippen molar-refractivity contribution in [1.29, 1.82) is 5.41 Å². The maximum Gasteiger partial charge on any atom is 0.149 e. The van der Waals surface area contributed by atoms with Crippen molar-refractivity contribution in [2.45, 2.75) is 6.17 Å². The molecule has 0 unspecified atom stereocenters. The van der Waals surface area contributed by atoms with Crippen LogP contribution in [0.15, 0.2) is 30.7 Å². The molecule has 2 rings (SSSR count). The highest BCUT2D eigenvalue weighted by atomic mass is 15.2. The zero-order valence-corrected chi connectivity index (χ0v) is 8.77. The Bertz CT molecular complexity index is 368. The lowest BCUT2D eigenvalue weighted by atomic mass is 10.4. The van der Waals surface area contributed by atoms with Crippen molar-refractivity contribution >= 4 is 11.7 Å². The first-order valence-corrected chi connectivity index (χ1v) is 5.11. The zero-order valence-electron chi connectivity index (χ0n) is 8.77. The molecule has 0 saturated carbocycles. The summed E-state index contributed by atoms with van der Waals surface area (Å²) in [6.07, 6.45) is 8.51. The molecule has 0 aromatic carbocycles. The molecule has 1 aliphatic heterocycles. The highest BCUT2D eigenvalue weighted by Crippen LogP contribution is 1.97. The van der Waals surface area contributed by atoms with Crippen LogP contribution in [0.2, 0.25) is 0 Å². The molecule has 16 heavy (non-hydrogen) atoms. The molecule has 0 aliphatic carbocycles. The van der Waals surface area contributed by atoms with E-state index in [1.54, 1.807) is 24.7 Å². The Hall–Kier alpha value is -1.79. The summed E-state index contributed by atoms with van der Waals surface area (Å²) in [7, 11) is 0. The van der Waals surface area contributed by atoms with Gasteiger partial charge in [-0.15, -0.1) is 0 Å². The maximum atomic E-state index is 7.67. The minimum atomic E-state index is 0.156. The molecule has 6 nitrogen and oxygen atoms in total. The Balaban J connectivity index is 1.84. The fraction of sp³-hybridized carbons (Fsp3) is 0.300. The number of nitrogens with zero attached hydrogens (tertiary/aromatic N) is 2. The van der Waals surface area contributed by atoms with Gasteiger partial charge in [0.2, 0.25) is 0 Å². The summed E-state index contributed by atoms with van der Waals surface area (Å²) in [5.41, 5.74) is 0. The van der Waals surface area contributed by atoms with E-state index in [1.165, 1.54) is 0 Å². The van der Waals surface area contributed by atoms with E-state index in [-0.39, 0.29) is 12.0 Å². The van der Waals surface area contributed by atoms with E-state index < -0.39 is 0 Å². The van der Waals surface area contributed by atoms with E-state index in [4.69, 9.17) is 5.41 Å². The van der Waals surface area contributed by atoms with Gasteiger partial charge in [0.1, 0.15) is 11.7 Å². The number of amidine groups is 1. The van der Waals surface area contributed by atoms with Gasteiger partial charge in [0, 0.05) is 25.5 Å². The number of aromatic nitrogens is 2. The molecule has 6 heteroatoms. The van der Waals surface area contributed by atoms with Gasteiger partial charge in [-0.2, -0.15) is 0 Å². The van der Waals surface area contributed by atoms with Crippen LogP contribution >= 0.6 is 0 Å². The Labute approximate surface area is 93.7 Å². The first-order valence-electron chi connectivity index (χ1n) is 5.11. The summed E-state index contributed by atoms with van der Waals surface area (Å²) in [6, 6.07) is 0. The van der Waals surface area contributed by atoms with Crippen LogP contribution in [0.1, 0.15) is 0 Å². The van der Waals surface area contributed by atoms with Gasteiger partial charge < -0.3 is 5.32 Å². The smallest absolute Gasteiger partial charge is 0.149 e. The number of nitrogens with one attached hydrogen (secondary N) is 4. The Morgan fingerprint density at radius 3 is 2.94 bits per heavy atom. The first kappa shape index (κ1) is 10.7. The van der Waals surface area contributed by atoms with Crippen molar-refractivity contribution in [3.05, 3.63) is 30.7 Å². The molecule has 0 amide bonds. The quantitative estimate of drug-likeness (QED) is 0.422. The summed E-state index contributed by atoms with van der Waals surface area (Å²) < 4.78 is 0. The Morgan fingerprint density at radius 2 is 2.25 bits per heavy atom. The van der Waals surface area contributed by atoms with E-state index in [9.17, 15) is 0 Å². The van der Waals surface area contributed by atoms with Crippen LogP contribution in [0.25, 0.3) is 0 Å². The highest BCUT2D eigenvalue weighted by molar-refractivity contribution is 6.00. The van der Waals surface area contributed by atoms with E-state index in [1.807, 2.05) is 6.08 Å². The van der Waals surface area contributed by atoms with E-state index in [0.29, 0.717) is 5.82 Å². The van der Waals surface area contributed by atoms with Crippen molar-refractivity contribution in [3.8, 4) is 0 Å². The lowest BCUT2D eigenvalue weighted by Crippen LogP contribution is -2.28. The van der Waals surface area contributed by atoms with Crippen molar-refractivity contribution in [3.63, 3.8) is 0 Å². The van der Waals surface area contributed by atoms with Gasteiger partial charge in [-0.05, 0) is 12.2 Å². The molecule has 1 aromatic rings. The zero-order chi connectivity index (χ0) is 11.2. The van der Waals surface area contributed by atoms with Crippen LogP contribution in [0.5, 0.6) is 0 Å². The van der Waals surface area contributed by atoms with Gasteiger partial charge in [-0.1, -0.05) is 0 Å². The van der Waals surface area contributed by atoms with Crippen LogP contribution in [-0.2, 0) is 0 Å². The molecule has 1 fully saturated rings. The first-order chi connectivity index (χ1) is 7.84. The van der Waals surface area contributed by atoms with Crippen molar-refractivity contribution in [2.24, 2.45) is 0 Å². The van der Waals surface area contributed by atoms with Crippen molar-refractivity contribution in [2.75, 3.05) is 18.4 Å². The molecule has 84 valence electrons. The van der Waals surface area contributed by atoms with Crippen LogP contribution in [0.4, 0.5) is 5.82 Å². The molecular weight excluding hydrogens is 204 g/mol. The normalized spacial score (nSPS) is 16.8. The maximum absolute atomic E-state index is 7.67. The number of anilines is 1. The molecule has 2 heterocycles.